The molecule has 0 atom stereocenters. The lowest BCUT2D eigenvalue weighted by Gasteiger charge is -2.31. The summed E-state index contributed by atoms with van der Waals surface area (Å²) >= 11 is 0. The van der Waals surface area contributed by atoms with Crippen molar-refractivity contribution in [3.63, 3.8) is 0 Å². The van der Waals surface area contributed by atoms with Gasteiger partial charge >= 0.3 is 0 Å². The number of rotatable bonds is 8. The molecule has 1 heterocycles. The molecule has 4 heteroatoms. The van der Waals surface area contributed by atoms with E-state index in [4.69, 9.17) is 0 Å². The molecule has 0 spiro atoms. The van der Waals surface area contributed by atoms with Crippen molar-refractivity contribution in [3.8, 4) is 0 Å². The van der Waals surface area contributed by atoms with Gasteiger partial charge in [0.2, 0.25) is 0 Å². The first-order chi connectivity index (χ1) is 10.2. The Hall–Kier alpha value is -1.16. The van der Waals surface area contributed by atoms with Gasteiger partial charge in [0, 0.05) is 19.1 Å². The first kappa shape index (κ1) is 16.2. The Morgan fingerprint density at radius 1 is 1.24 bits per heavy atom. The van der Waals surface area contributed by atoms with Crippen LogP contribution in [0.15, 0.2) is 12.1 Å². The Morgan fingerprint density at radius 3 is 2.57 bits per heavy atom. The molecule has 118 valence electrons. The molecule has 4 nitrogen and oxygen atoms in total. The molecule has 0 saturated heterocycles. The molecule has 1 aromatic heterocycles. The zero-order chi connectivity index (χ0) is 15.1. The lowest BCUT2D eigenvalue weighted by molar-refractivity contribution is 0.528. The fourth-order valence-corrected chi connectivity index (χ4v) is 3.03. The highest BCUT2D eigenvalue weighted by Crippen LogP contribution is 2.27. The summed E-state index contributed by atoms with van der Waals surface area (Å²) in [5, 5.41) is 12.3. The third kappa shape index (κ3) is 4.95. The summed E-state index contributed by atoms with van der Waals surface area (Å²) in [7, 11) is 0. The average Bonchev–Trinajstić information content (AvgIpc) is 3.00. The minimum absolute atomic E-state index is 0.651. The van der Waals surface area contributed by atoms with Gasteiger partial charge in [-0.1, -0.05) is 33.6 Å². The molecule has 0 unspecified atom stereocenters. The molecule has 0 amide bonds. The van der Waals surface area contributed by atoms with E-state index in [1.807, 2.05) is 0 Å². The van der Waals surface area contributed by atoms with Gasteiger partial charge in [0.25, 0.3) is 0 Å². The molecule has 1 fully saturated rings. The van der Waals surface area contributed by atoms with Crippen LogP contribution in [0, 0.1) is 5.92 Å². The highest BCUT2D eigenvalue weighted by molar-refractivity contribution is 5.39. The second-order valence-corrected chi connectivity index (χ2v) is 6.54. The van der Waals surface area contributed by atoms with Gasteiger partial charge in [-0.05, 0) is 43.9 Å². The summed E-state index contributed by atoms with van der Waals surface area (Å²) in [6.45, 7) is 9.65. The van der Waals surface area contributed by atoms with Crippen LogP contribution in [-0.4, -0.2) is 29.3 Å². The van der Waals surface area contributed by atoms with E-state index in [2.05, 4.69) is 53.3 Å². The van der Waals surface area contributed by atoms with E-state index in [9.17, 15) is 0 Å². The zero-order valence-electron chi connectivity index (χ0n) is 13.8. The molecule has 0 aromatic carbocycles. The second kappa shape index (κ2) is 8.32. The highest BCUT2D eigenvalue weighted by Gasteiger charge is 2.24. The molecular weight excluding hydrogens is 260 g/mol. The normalized spacial score (nSPS) is 15.8. The Bertz CT molecular complexity index is 396. The van der Waals surface area contributed by atoms with Gasteiger partial charge in [-0.25, -0.2) is 0 Å². The predicted octanol–water partition coefficient (Wildman–Crippen LogP) is 3.38. The Labute approximate surface area is 129 Å². The Balaban J connectivity index is 2.01. The van der Waals surface area contributed by atoms with Crippen LogP contribution in [0.3, 0.4) is 0 Å². The van der Waals surface area contributed by atoms with E-state index >= 15 is 0 Å². The summed E-state index contributed by atoms with van der Waals surface area (Å²) in [5.74, 6) is 1.70. The lowest BCUT2D eigenvalue weighted by Crippen LogP contribution is -2.37. The molecule has 21 heavy (non-hydrogen) atoms. The Kier molecular flexibility index (Phi) is 6.43. The maximum atomic E-state index is 4.49. The molecule has 0 radical (unpaired) electrons. The molecule has 1 N–H and O–H groups in total. The fourth-order valence-electron chi connectivity index (χ4n) is 3.03. The number of aromatic nitrogens is 2. The van der Waals surface area contributed by atoms with Crippen molar-refractivity contribution in [2.24, 2.45) is 5.92 Å². The van der Waals surface area contributed by atoms with E-state index in [1.165, 1.54) is 25.7 Å². The van der Waals surface area contributed by atoms with Gasteiger partial charge in [0.05, 0.1) is 5.69 Å². The van der Waals surface area contributed by atoms with Gasteiger partial charge in [-0.3, -0.25) is 0 Å². The summed E-state index contributed by atoms with van der Waals surface area (Å²) in [6.07, 6.45) is 6.45. The van der Waals surface area contributed by atoms with Gasteiger partial charge < -0.3 is 10.2 Å². The number of nitrogens with zero attached hydrogens (tertiary/aromatic N) is 3. The fraction of sp³-hybridized carbons (Fsp3) is 0.765. The SMILES string of the molecule is CCCNCc1ccc(N(CC(C)C)C2CCCC2)nn1. The molecule has 0 aliphatic heterocycles. The topological polar surface area (TPSA) is 41.0 Å². The van der Waals surface area contributed by atoms with Gasteiger partial charge in [0.1, 0.15) is 0 Å². The summed E-state index contributed by atoms with van der Waals surface area (Å²) in [6, 6.07) is 4.93. The van der Waals surface area contributed by atoms with Crippen molar-refractivity contribution in [1.82, 2.24) is 15.5 Å². The minimum Gasteiger partial charge on any atom is -0.352 e. The van der Waals surface area contributed by atoms with E-state index < -0.39 is 0 Å². The standard InChI is InChI=1S/C17H30N4/c1-4-11-18-12-15-9-10-17(20-19-15)21(13-14(2)3)16-7-5-6-8-16/h9-10,14,16,18H,4-8,11-13H2,1-3H3. The van der Waals surface area contributed by atoms with Gasteiger partial charge in [-0.15, -0.1) is 5.10 Å². The van der Waals surface area contributed by atoms with Crippen molar-refractivity contribution >= 4 is 5.82 Å². The van der Waals surface area contributed by atoms with E-state index in [1.54, 1.807) is 0 Å². The molecule has 2 rings (SSSR count). The maximum absolute atomic E-state index is 4.49. The minimum atomic E-state index is 0.651. The van der Waals surface area contributed by atoms with Crippen LogP contribution in [0.5, 0.6) is 0 Å². The smallest absolute Gasteiger partial charge is 0.151 e. The number of hydrogen-bond donors (Lipinski definition) is 1. The largest absolute Gasteiger partial charge is 0.352 e. The number of hydrogen-bond acceptors (Lipinski definition) is 4. The van der Waals surface area contributed by atoms with Crippen molar-refractivity contribution in [2.75, 3.05) is 18.0 Å². The van der Waals surface area contributed by atoms with Crippen LogP contribution in [0.4, 0.5) is 5.82 Å². The lowest BCUT2D eigenvalue weighted by atomic mass is 10.1. The zero-order valence-corrected chi connectivity index (χ0v) is 13.8. The monoisotopic (exact) mass is 290 g/mol. The van der Waals surface area contributed by atoms with E-state index in [0.717, 1.165) is 37.6 Å². The van der Waals surface area contributed by atoms with Gasteiger partial charge in [0.15, 0.2) is 5.82 Å². The molecule has 1 aromatic rings. The summed E-state index contributed by atoms with van der Waals surface area (Å²) < 4.78 is 0. The van der Waals surface area contributed by atoms with Crippen molar-refractivity contribution in [1.29, 1.82) is 0 Å². The average molecular weight is 290 g/mol. The Morgan fingerprint density at radius 2 is 2.00 bits per heavy atom. The van der Waals surface area contributed by atoms with E-state index in [-0.39, 0.29) is 0 Å². The van der Waals surface area contributed by atoms with Crippen LogP contribution >= 0.6 is 0 Å². The third-order valence-corrected chi connectivity index (χ3v) is 4.06. The van der Waals surface area contributed by atoms with Crippen LogP contribution in [0.2, 0.25) is 0 Å². The first-order valence-corrected chi connectivity index (χ1v) is 8.50. The maximum Gasteiger partial charge on any atom is 0.151 e. The summed E-state index contributed by atoms with van der Waals surface area (Å²) in [5.41, 5.74) is 1.03. The second-order valence-electron chi connectivity index (χ2n) is 6.54. The number of anilines is 1. The van der Waals surface area contributed by atoms with Crippen molar-refractivity contribution in [2.45, 2.75) is 65.5 Å². The highest BCUT2D eigenvalue weighted by atomic mass is 15.3. The van der Waals surface area contributed by atoms with Crippen LogP contribution in [0.25, 0.3) is 0 Å². The molecular formula is C17H30N4. The molecule has 1 aliphatic carbocycles. The molecule has 0 bridgehead atoms. The summed E-state index contributed by atoms with van der Waals surface area (Å²) in [4.78, 5) is 2.48. The third-order valence-electron chi connectivity index (χ3n) is 4.06. The number of nitrogens with one attached hydrogen (secondary N) is 1. The van der Waals surface area contributed by atoms with Crippen LogP contribution in [0.1, 0.15) is 58.6 Å². The molecule has 1 saturated carbocycles. The molecule has 1 aliphatic rings. The van der Waals surface area contributed by atoms with Crippen molar-refractivity contribution in [3.05, 3.63) is 17.8 Å². The quantitative estimate of drug-likeness (QED) is 0.745. The van der Waals surface area contributed by atoms with E-state index in [0.29, 0.717) is 12.0 Å². The van der Waals surface area contributed by atoms with Crippen LogP contribution in [-0.2, 0) is 6.54 Å². The first-order valence-electron chi connectivity index (χ1n) is 8.50. The van der Waals surface area contributed by atoms with Crippen molar-refractivity contribution < 1.29 is 0 Å². The van der Waals surface area contributed by atoms with Gasteiger partial charge in [-0.2, -0.15) is 5.10 Å². The van der Waals surface area contributed by atoms with Crippen LogP contribution < -0.4 is 10.2 Å². The predicted molar refractivity (Wildman–Crippen MR) is 88.5 cm³/mol.